The Labute approximate surface area is 165 Å². The zero-order chi connectivity index (χ0) is 21.3. The van der Waals surface area contributed by atoms with Crippen LogP contribution in [-0.4, -0.2) is 136 Å². The van der Waals surface area contributed by atoms with Gasteiger partial charge in [-0.15, -0.1) is 0 Å². The van der Waals surface area contributed by atoms with E-state index in [0.29, 0.717) is 0 Å². The smallest absolute Gasteiger partial charge is 0.187 e. The van der Waals surface area contributed by atoms with Crippen LogP contribution in [0, 0.1) is 0 Å². The molecule has 0 aromatic rings. The van der Waals surface area contributed by atoms with Gasteiger partial charge in [0.2, 0.25) is 0 Å². The molecule has 3 rings (SSSR count). The maximum absolute atomic E-state index is 10.4. The van der Waals surface area contributed by atoms with Crippen LogP contribution in [0.5, 0.6) is 0 Å². The third-order valence-corrected chi connectivity index (χ3v) is 5.24. The molecule has 0 aliphatic carbocycles. The van der Waals surface area contributed by atoms with Gasteiger partial charge in [-0.05, 0) is 0 Å². The molecule has 29 heavy (non-hydrogen) atoms. The van der Waals surface area contributed by atoms with Crippen molar-refractivity contribution in [3.63, 3.8) is 0 Å². The van der Waals surface area contributed by atoms with Crippen molar-refractivity contribution in [1.29, 1.82) is 0 Å². The van der Waals surface area contributed by atoms with Gasteiger partial charge >= 0.3 is 0 Å². The first-order valence-electron chi connectivity index (χ1n) is 9.20. The third kappa shape index (κ3) is 4.57. The SMILES string of the molecule is CO[C@@H]1O[C@@H](CO[C@@H]2O[C@@H](CO)[C@H](O)[C@H]2O)[C@H](O[C@@H]2O[C@@H](CO)[C@H](O)[C@H]2O)[C@H]1O. The van der Waals surface area contributed by atoms with Crippen molar-refractivity contribution in [2.45, 2.75) is 73.8 Å². The Balaban J connectivity index is 1.62. The molecule has 7 N–H and O–H groups in total. The summed E-state index contributed by atoms with van der Waals surface area (Å²) < 4.78 is 32.0. The van der Waals surface area contributed by atoms with Gasteiger partial charge in [0, 0.05) is 7.11 Å². The van der Waals surface area contributed by atoms with Crippen LogP contribution < -0.4 is 0 Å². The molecule has 170 valence electrons. The molecule has 3 fully saturated rings. The zero-order valence-electron chi connectivity index (χ0n) is 15.6. The van der Waals surface area contributed by atoms with Gasteiger partial charge in [0.25, 0.3) is 0 Å². The van der Waals surface area contributed by atoms with E-state index in [0.717, 1.165) is 0 Å². The van der Waals surface area contributed by atoms with Crippen LogP contribution in [0.3, 0.4) is 0 Å². The van der Waals surface area contributed by atoms with Crippen molar-refractivity contribution < 1.29 is 64.2 Å². The summed E-state index contributed by atoms with van der Waals surface area (Å²) >= 11 is 0. The highest BCUT2D eigenvalue weighted by Crippen LogP contribution is 2.31. The third-order valence-electron chi connectivity index (χ3n) is 5.24. The number of hydrogen-bond donors (Lipinski definition) is 7. The Bertz CT molecular complexity index is 523. The first kappa shape index (κ1) is 23.1. The first-order valence-corrected chi connectivity index (χ1v) is 9.20. The molecule has 0 spiro atoms. The first-order chi connectivity index (χ1) is 13.8. The summed E-state index contributed by atoms with van der Waals surface area (Å²) in [4.78, 5) is 0. The molecule has 3 aliphatic heterocycles. The fourth-order valence-corrected chi connectivity index (χ4v) is 3.53. The number of aliphatic hydroxyl groups is 7. The Morgan fingerprint density at radius 2 is 1.17 bits per heavy atom. The van der Waals surface area contributed by atoms with Gasteiger partial charge in [0.15, 0.2) is 18.9 Å². The predicted octanol–water partition coefficient (Wildman–Crippen LogP) is -5.00. The van der Waals surface area contributed by atoms with E-state index < -0.39 is 87.0 Å². The summed E-state index contributed by atoms with van der Waals surface area (Å²) in [5.41, 5.74) is 0. The Hall–Kier alpha value is -0.520. The minimum absolute atomic E-state index is 0.275. The second-order valence-corrected chi connectivity index (χ2v) is 7.12. The van der Waals surface area contributed by atoms with E-state index in [-0.39, 0.29) is 6.61 Å². The van der Waals surface area contributed by atoms with Gasteiger partial charge in [0.1, 0.15) is 54.9 Å². The molecule has 0 aromatic heterocycles. The number of methoxy groups -OCH3 is 1. The van der Waals surface area contributed by atoms with Gasteiger partial charge < -0.3 is 64.2 Å². The monoisotopic (exact) mass is 428 g/mol. The van der Waals surface area contributed by atoms with E-state index in [9.17, 15) is 25.5 Å². The minimum Gasteiger partial charge on any atom is -0.394 e. The summed E-state index contributed by atoms with van der Waals surface area (Å²) in [6.07, 6.45) is -14.7. The van der Waals surface area contributed by atoms with Crippen LogP contribution in [0.4, 0.5) is 0 Å². The Morgan fingerprint density at radius 1 is 0.655 bits per heavy atom. The minimum atomic E-state index is -1.47. The van der Waals surface area contributed by atoms with Crippen molar-refractivity contribution in [2.75, 3.05) is 26.9 Å². The molecule has 13 nitrogen and oxygen atoms in total. The quantitative estimate of drug-likeness (QED) is 0.194. The van der Waals surface area contributed by atoms with E-state index in [4.69, 9.17) is 38.6 Å². The average Bonchev–Trinajstić information content (AvgIpc) is 3.28. The molecular formula is C16H28O13. The standard InChI is InChI=1S/C16H28O13/c1-24-14-12(23)13(29-16-11(22)9(20)6(3-18)27-16)7(28-14)4-25-15-10(21)8(19)5(2-17)26-15/h5-23H,2-4H2,1H3/t5-,6-,7-,8-,9-,10+,11+,12+,13-,14+,15+,16-/m0/s1. The van der Waals surface area contributed by atoms with Crippen LogP contribution in [0.25, 0.3) is 0 Å². The molecule has 0 amide bonds. The summed E-state index contributed by atoms with van der Waals surface area (Å²) in [6, 6.07) is 0. The number of rotatable bonds is 8. The second-order valence-electron chi connectivity index (χ2n) is 7.12. The molecule has 3 saturated heterocycles. The highest BCUT2D eigenvalue weighted by molar-refractivity contribution is 4.93. The fraction of sp³-hybridized carbons (Fsp3) is 1.00. The lowest BCUT2D eigenvalue weighted by molar-refractivity contribution is -0.227. The highest BCUT2D eigenvalue weighted by atomic mass is 16.8. The van der Waals surface area contributed by atoms with Crippen LogP contribution in [-0.2, 0) is 28.4 Å². The maximum Gasteiger partial charge on any atom is 0.187 e. The molecule has 13 heteroatoms. The van der Waals surface area contributed by atoms with Gasteiger partial charge in [-0.3, -0.25) is 0 Å². The lowest BCUT2D eigenvalue weighted by atomic mass is 10.1. The van der Waals surface area contributed by atoms with E-state index in [1.165, 1.54) is 7.11 Å². The van der Waals surface area contributed by atoms with Gasteiger partial charge in [0.05, 0.1) is 19.8 Å². The molecule has 0 unspecified atom stereocenters. The lowest BCUT2D eigenvalue weighted by Gasteiger charge is -2.26. The maximum atomic E-state index is 10.4. The summed E-state index contributed by atoms with van der Waals surface area (Å²) in [6.45, 7) is -1.33. The summed E-state index contributed by atoms with van der Waals surface area (Å²) in [5, 5.41) is 68.3. The van der Waals surface area contributed by atoms with Crippen molar-refractivity contribution in [3.05, 3.63) is 0 Å². The van der Waals surface area contributed by atoms with Crippen molar-refractivity contribution in [2.24, 2.45) is 0 Å². The Morgan fingerprint density at radius 3 is 1.69 bits per heavy atom. The largest absolute Gasteiger partial charge is 0.394 e. The molecule has 0 aromatic carbocycles. The van der Waals surface area contributed by atoms with E-state index in [1.807, 2.05) is 0 Å². The summed E-state index contributed by atoms with van der Waals surface area (Å²) in [7, 11) is 1.30. The van der Waals surface area contributed by atoms with Crippen LogP contribution in [0.1, 0.15) is 0 Å². The lowest BCUT2D eigenvalue weighted by Crippen LogP contribution is -2.44. The average molecular weight is 428 g/mol. The molecular weight excluding hydrogens is 400 g/mol. The molecule has 0 radical (unpaired) electrons. The molecule has 3 heterocycles. The number of hydrogen-bond acceptors (Lipinski definition) is 13. The molecule has 3 aliphatic rings. The van der Waals surface area contributed by atoms with Crippen molar-refractivity contribution >= 4 is 0 Å². The normalized spacial score (nSPS) is 50.5. The Kier molecular flexibility index (Phi) is 7.77. The highest BCUT2D eigenvalue weighted by Gasteiger charge is 2.51. The zero-order valence-corrected chi connectivity index (χ0v) is 15.6. The van der Waals surface area contributed by atoms with Crippen LogP contribution in [0.15, 0.2) is 0 Å². The molecule has 0 bridgehead atoms. The van der Waals surface area contributed by atoms with E-state index in [1.54, 1.807) is 0 Å². The van der Waals surface area contributed by atoms with Crippen molar-refractivity contribution in [3.8, 4) is 0 Å². The summed E-state index contributed by atoms with van der Waals surface area (Å²) in [5.74, 6) is 0. The molecule has 12 atom stereocenters. The molecule has 0 saturated carbocycles. The fourth-order valence-electron chi connectivity index (χ4n) is 3.53. The topological polar surface area (TPSA) is 197 Å². The van der Waals surface area contributed by atoms with Gasteiger partial charge in [-0.25, -0.2) is 0 Å². The predicted molar refractivity (Wildman–Crippen MR) is 88.0 cm³/mol. The van der Waals surface area contributed by atoms with Gasteiger partial charge in [-0.1, -0.05) is 0 Å². The second kappa shape index (κ2) is 9.74. The number of aliphatic hydroxyl groups excluding tert-OH is 7. The van der Waals surface area contributed by atoms with E-state index in [2.05, 4.69) is 0 Å². The van der Waals surface area contributed by atoms with E-state index >= 15 is 0 Å². The van der Waals surface area contributed by atoms with Crippen LogP contribution in [0.2, 0.25) is 0 Å². The van der Waals surface area contributed by atoms with Crippen molar-refractivity contribution in [1.82, 2.24) is 0 Å². The van der Waals surface area contributed by atoms with Gasteiger partial charge in [-0.2, -0.15) is 0 Å². The number of ether oxygens (including phenoxy) is 6. The van der Waals surface area contributed by atoms with Crippen LogP contribution >= 0.6 is 0 Å².